The van der Waals surface area contributed by atoms with Crippen LogP contribution in [0.25, 0.3) is 11.3 Å². The molecule has 3 rings (SSSR count). The van der Waals surface area contributed by atoms with Gasteiger partial charge in [-0.05, 0) is 42.5 Å². The van der Waals surface area contributed by atoms with Crippen LogP contribution in [-0.2, 0) is 11.4 Å². The van der Waals surface area contributed by atoms with Crippen LogP contribution in [0, 0.1) is 0 Å². The van der Waals surface area contributed by atoms with Crippen molar-refractivity contribution >= 4 is 23.4 Å². The molecule has 0 aliphatic rings. The maximum Gasteiger partial charge on any atom is 0.251 e. The van der Waals surface area contributed by atoms with Gasteiger partial charge in [0.15, 0.2) is 12.4 Å². The summed E-state index contributed by atoms with van der Waals surface area (Å²) >= 11 is 5.87. The lowest BCUT2D eigenvalue weighted by molar-refractivity contribution is -0.117. The van der Waals surface area contributed by atoms with E-state index in [0.29, 0.717) is 28.0 Å². The molecule has 0 unspecified atom stereocenters. The number of halogens is 1. The van der Waals surface area contributed by atoms with Crippen LogP contribution in [-0.4, -0.2) is 23.3 Å². The van der Waals surface area contributed by atoms with E-state index in [-0.39, 0.29) is 13.2 Å². The minimum atomic E-state index is -0.615. The lowest BCUT2D eigenvalue weighted by atomic mass is 10.2. The summed E-state index contributed by atoms with van der Waals surface area (Å²) in [4.78, 5) is 26.9. The first-order chi connectivity index (χ1) is 13.0. The second-order valence-electron chi connectivity index (χ2n) is 5.59. The molecule has 2 aromatic carbocycles. The standard InChI is InChI=1S/C19H16ClN3O4/c20-14-6-4-12(5-7-14)16-9-22-18(27-16)11-26-15-3-1-2-13(8-15)19(25)23-10-17(21)24/h1-9H,10-11H2,(H2,21,24)(H,23,25). The van der Waals surface area contributed by atoms with E-state index in [9.17, 15) is 9.59 Å². The Labute approximate surface area is 160 Å². The Morgan fingerprint density at radius 2 is 1.96 bits per heavy atom. The molecule has 0 saturated heterocycles. The highest BCUT2D eigenvalue weighted by Crippen LogP contribution is 2.23. The second-order valence-corrected chi connectivity index (χ2v) is 6.03. The Kier molecular flexibility index (Phi) is 5.73. The largest absolute Gasteiger partial charge is 0.484 e. The molecule has 8 heteroatoms. The van der Waals surface area contributed by atoms with Gasteiger partial charge in [0.25, 0.3) is 5.91 Å². The number of nitrogens with one attached hydrogen (secondary N) is 1. The molecule has 0 aliphatic heterocycles. The summed E-state index contributed by atoms with van der Waals surface area (Å²) in [5.41, 5.74) is 6.21. The molecule has 3 N–H and O–H groups in total. The van der Waals surface area contributed by atoms with Gasteiger partial charge in [-0.25, -0.2) is 4.98 Å². The van der Waals surface area contributed by atoms with E-state index in [0.717, 1.165) is 5.56 Å². The normalized spacial score (nSPS) is 10.4. The molecule has 0 atom stereocenters. The summed E-state index contributed by atoms with van der Waals surface area (Å²) < 4.78 is 11.3. The Morgan fingerprint density at radius 1 is 1.19 bits per heavy atom. The third-order valence-electron chi connectivity index (χ3n) is 3.56. The highest BCUT2D eigenvalue weighted by Gasteiger charge is 2.10. The SMILES string of the molecule is NC(=O)CNC(=O)c1cccc(OCc2ncc(-c3ccc(Cl)cc3)o2)c1. The average Bonchev–Trinajstić information content (AvgIpc) is 3.14. The molecule has 7 nitrogen and oxygen atoms in total. The minimum absolute atomic E-state index is 0.0972. The number of carbonyl (C=O) groups is 2. The van der Waals surface area contributed by atoms with Crippen LogP contribution in [0.5, 0.6) is 5.75 Å². The number of primary amides is 1. The number of oxazole rings is 1. The van der Waals surface area contributed by atoms with Crippen molar-refractivity contribution in [3.05, 3.63) is 71.2 Å². The number of ether oxygens (including phenoxy) is 1. The maximum absolute atomic E-state index is 11.9. The van der Waals surface area contributed by atoms with Gasteiger partial charge >= 0.3 is 0 Å². The lowest BCUT2D eigenvalue weighted by Gasteiger charge is -2.07. The van der Waals surface area contributed by atoms with Crippen molar-refractivity contribution in [2.24, 2.45) is 5.73 Å². The molecule has 0 aliphatic carbocycles. The summed E-state index contributed by atoms with van der Waals surface area (Å²) in [7, 11) is 0. The quantitative estimate of drug-likeness (QED) is 0.650. The fourth-order valence-corrected chi connectivity index (χ4v) is 2.39. The van der Waals surface area contributed by atoms with Crippen LogP contribution >= 0.6 is 11.6 Å². The zero-order valence-electron chi connectivity index (χ0n) is 14.1. The smallest absolute Gasteiger partial charge is 0.251 e. The van der Waals surface area contributed by atoms with Gasteiger partial charge in [0.05, 0.1) is 12.7 Å². The number of nitrogens with zero attached hydrogens (tertiary/aromatic N) is 1. The summed E-state index contributed by atoms with van der Waals surface area (Å²) in [5, 5.41) is 3.06. The molecule has 2 amide bonds. The van der Waals surface area contributed by atoms with Crippen LogP contribution in [0.15, 0.2) is 59.1 Å². The van der Waals surface area contributed by atoms with Crippen molar-refractivity contribution in [2.45, 2.75) is 6.61 Å². The van der Waals surface area contributed by atoms with E-state index >= 15 is 0 Å². The van der Waals surface area contributed by atoms with Crippen molar-refractivity contribution in [3.63, 3.8) is 0 Å². The van der Waals surface area contributed by atoms with E-state index in [1.807, 2.05) is 12.1 Å². The zero-order chi connectivity index (χ0) is 19.2. The number of hydrogen-bond acceptors (Lipinski definition) is 5. The van der Waals surface area contributed by atoms with Crippen LogP contribution < -0.4 is 15.8 Å². The number of hydrogen-bond donors (Lipinski definition) is 2. The van der Waals surface area contributed by atoms with Crippen molar-refractivity contribution in [1.29, 1.82) is 0 Å². The van der Waals surface area contributed by atoms with Gasteiger partial charge in [-0.15, -0.1) is 0 Å². The number of aromatic nitrogens is 1. The van der Waals surface area contributed by atoms with Gasteiger partial charge in [-0.3, -0.25) is 9.59 Å². The van der Waals surface area contributed by atoms with Gasteiger partial charge in [0.2, 0.25) is 11.8 Å². The predicted octanol–water partition coefficient (Wildman–Crippen LogP) is 2.79. The summed E-state index contributed by atoms with van der Waals surface area (Å²) in [6.07, 6.45) is 1.61. The average molecular weight is 386 g/mol. The molecular weight excluding hydrogens is 370 g/mol. The first kappa shape index (κ1) is 18.5. The molecule has 0 fully saturated rings. The van der Waals surface area contributed by atoms with E-state index in [2.05, 4.69) is 10.3 Å². The number of nitrogens with two attached hydrogens (primary N) is 1. The molecule has 3 aromatic rings. The molecule has 1 aromatic heterocycles. The Hall–Kier alpha value is -3.32. The van der Waals surface area contributed by atoms with Gasteiger partial charge < -0.3 is 20.2 Å². The monoisotopic (exact) mass is 385 g/mol. The van der Waals surface area contributed by atoms with E-state index in [1.165, 1.54) is 0 Å². The van der Waals surface area contributed by atoms with Gasteiger partial charge in [0, 0.05) is 16.1 Å². The van der Waals surface area contributed by atoms with Crippen molar-refractivity contribution < 1.29 is 18.7 Å². The van der Waals surface area contributed by atoms with E-state index in [1.54, 1.807) is 42.6 Å². The number of benzene rings is 2. The Bertz CT molecular complexity index is 954. The molecule has 0 bridgehead atoms. The molecule has 1 heterocycles. The summed E-state index contributed by atoms with van der Waals surface area (Å²) in [6.45, 7) is -0.131. The first-order valence-corrected chi connectivity index (χ1v) is 8.39. The van der Waals surface area contributed by atoms with Gasteiger partial charge in [-0.1, -0.05) is 17.7 Å². The van der Waals surface area contributed by atoms with Crippen molar-refractivity contribution in [3.8, 4) is 17.1 Å². The summed E-state index contributed by atoms with van der Waals surface area (Å²) in [6, 6.07) is 13.7. The molecule has 138 valence electrons. The third-order valence-corrected chi connectivity index (χ3v) is 3.82. The van der Waals surface area contributed by atoms with Crippen molar-refractivity contribution in [2.75, 3.05) is 6.54 Å². The number of amides is 2. The highest BCUT2D eigenvalue weighted by molar-refractivity contribution is 6.30. The minimum Gasteiger partial charge on any atom is -0.484 e. The molecular formula is C19H16ClN3O4. The van der Waals surface area contributed by atoms with Crippen molar-refractivity contribution in [1.82, 2.24) is 10.3 Å². The Balaban J connectivity index is 1.62. The molecule has 27 heavy (non-hydrogen) atoms. The zero-order valence-corrected chi connectivity index (χ0v) is 14.9. The second kappa shape index (κ2) is 8.37. The van der Waals surface area contributed by atoms with Crippen LogP contribution in [0.1, 0.15) is 16.2 Å². The van der Waals surface area contributed by atoms with E-state index < -0.39 is 11.8 Å². The highest BCUT2D eigenvalue weighted by atomic mass is 35.5. The topological polar surface area (TPSA) is 107 Å². The third kappa shape index (κ3) is 5.08. The maximum atomic E-state index is 11.9. The number of rotatable bonds is 7. The van der Waals surface area contributed by atoms with Crippen LogP contribution in [0.2, 0.25) is 5.02 Å². The number of carbonyl (C=O) groups excluding carboxylic acids is 2. The van der Waals surface area contributed by atoms with E-state index in [4.69, 9.17) is 26.5 Å². The van der Waals surface area contributed by atoms with Crippen LogP contribution in [0.3, 0.4) is 0 Å². The Morgan fingerprint density at radius 3 is 2.70 bits per heavy atom. The summed E-state index contributed by atoms with van der Waals surface area (Å²) in [5.74, 6) is 0.429. The fourth-order valence-electron chi connectivity index (χ4n) is 2.27. The van der Waals surface area contributed by atoms with Gasteiger partial charge in [-0.2, -0.15) is 0 Å². The molecule has 0 spiro atoms. The predicted molar refractivity (Wildman–Crippen MR) is 99.3 cm³/mol. The molecule has 0 radical (unpaired) electrons. The lowest BCUT2D eigenvalue weighted by Crippen LogP contribution is -2.33. The fraction of sp³-hybridized carbons (Fsp3) is 0.105. The van der Waals surface area contributed by atoms with Crippen LogP contribution in [0.4, 0.5) is 0 Å². The molecule has 0 saturated carbocycles. The first-order valence-electron chi connectivity index (χ1n) is 8.01. The van der Waals surface area contributed by atoms with Gasteiger partial charge in [0.1, 0.15) is 5.75 Å².